The first-order valence-corrected chi connectivity index (χ1v) is 11.0. The van der Waals surface area contributed by atoms with E-state index in [-0.39, 0.29) is 11.8 Å². The van der Waals surface area contributed by atoms with Gasteiger partial charge in [0.25, 0.3) is 11.8 Å². The van der Waals surface area contributed by atoms with Gasteiger partial charge in [0.1, 0.15) is 5.70 Å². The second-order valence-corrected chi connectivity index (χ2v) is 8.85. The van der Waals surface area contributed by atoms with Crippen LogP contribution in [0.2, 0.25) is 10.0 Å². The van der Waals surface area contributed by atoms with Crippen LogP contribution in [0.4, 0.5) is 0 Å². The van der Waals surface area contributed by atoms with Crippen LogP contribution in [0.15, 0.2) is 23.9 Å². The maximum absolute atomic E-state index is 13.3. The van der Waals surface area contributed by atoms with Crippen molar-refractivity contribution in [2.45, 2.75) is 33.6 Å². The first-order chi connectivity index (χ1) is 13.8. The van der Waals surface area contributed by atoms with Crippen LogP contribution in [0.3, 0.4) is 0 Å². The molecule has 2 aliphatic heterocycles. The predicted molar refractivity (Wildman–Crippen MR) is 116 cm³/mol. The summed E-state index contributed by atoms with van der Waals surface area (Å²) in [7, 11) is 0. The molecule has 5 nitrogen and oxygen atoms in total. The van der Waals surface area contributed by atoms with Gasteiger partial charge in [0, 0.05) is 43.4 Å². The van der Waals surface area contributed by atoms with Crippen molar-refractivity contribution in [1.29, 1.82) is 0 Å². The number of hydrogen-bond donors (Lipinski definition) is 0. The average Bonchev–Trinajstić information content (AvgIpc) is 2.89. The molecule has 0 aromatic heterocycles. The Bertz CT molecular complexity index is 814. The molecule has 0 saturated carbocycles. The minimum absolute atomic E-state index is 0.242. The molecule has 2 aliphatic rings. The Morgan fingerprint density at radius 1 is 1.10 bits per heavy atom. The first-order valence-electron chi connectivity index (χ1n) is 10.2. The maximum atomic E-state index is 13.3. The van der Waals surface area contributed by atoms with Crippen molar-refractivity contribution in [2.24, 2.45) is 11.8 Å². The summed E-state index contributed by atoms with van der Waals surface area (Å²) in [4.78, 5) is 30.1. The summed E-state index contributed by atoms with van der Waals surface area (Å²) < 4.78 is 5.37. The average molecular weight is 439 g/mol. The minimum Gasteiger partial charge on any atom is -0.382 e. The van der Waals surface area contributed by atoms with Crippen LogP contribution in [0, 0.1) is 11.8 Å². The van der Waals surface area contributed by atoms with Crippen LogP contribution >= 0.6 is 23.2 Å². The Hall–Kier alpha value is -1.56. The van der Waals surface area contributed by atoms with Gasteiger partial charge in [-0.2, -0.15) is 0 Å². The summed E-state index contributed by atoms with van der Waals surface area (Å²) in [6.07, 6.45) is 1.72. The molecule has 0 N–H and O–H groups in total. The molecule has 158 valence electrons. The maximum Gasteiger partial charge on any atom is 0.277 e. The highest BCUT2D eigenvalue weighted by Crippen LogP contribution is 2.38. The molecule has 1 fully saturated rings. The van der Waals surface area contributed by atoms with E-state index in [1.54, 1.807) is 18.2 Å². The predicted octanol–water partition coefficient (Wildman–Crippen LogP) is 4.48. The number of carbonyl (C=O) groups excluding carboxylic acids is 2. The number of halogens is 2. The molecule has 0 bridgehead atoms. The van der Waals surface area contributed by atoms with E-state index in [1.807, 2.05) is 6.92 Å². The molecule has 0 radical (unpaired) electrons. The fourth-order valence-corrected chi connectivity index (χ4v) is 4.81. The summed E-state index contributed by atoms with van der Waals surface area (Å²) in [5, 5.41) is 0.867. The molecule has 2 heterocycles. The van der Waals surface area contributed by atoms with Crippen LogP contribution in [-0.2, 0) is 14.3 Å². The third-order valence-electron chi connectivity index (χ3n) is 5.40. The number of ether oxygens (including phenoxy) is 1. The standard InChI is InChI=1S/C22H28Cl2N2O3/c1-4-29-9-5-8-26-21(27)19(17-7-6-16(23)11-18(17)24)20(22(26)28)25-12-14(2)10-15(3)13-25/h6-7,11,14-15H,4-5,8-10,12-13H2,1-3H3. The Labute approximate surface area is 182 Å². The van der Waals surface area contributed by atoms with E-state index in [0.717, 1.165) is 19.5 Å². The number of carbonyl (C=O) groups is 2. The number of benzene rings is 1. The van der Waals surface area contributed by atoms with Gasteiger partial charge in [-0.25, -0.2) is 0 Å². The molecule has 2 atom stereocenters. The first kappa shape index (κ1) is 22.1. The summed E-state index contributed by atoms with van der Waals surface area (Å²) >= 11 is 12.5. The summed E-state index contributed by atoms with van der Waals surface area (Å²) in [6.45, 7) is 9.23. The van der Waals surface area contributed by atoms with E-state index < -0.39 is 0 Å². The Kier molecular flexibility index (Phi) is 7.25. The second kappa shape index (κ2) is 9.50. The van der Waals surface area contributed by atoms with Gasteiger partial charge in [-0.05, 0) is 43.7 Å². The fraction of sp³-hybridized carbons (Fsp3) is 0.545. The molecule has 1 saturated heterocycles. The highest BCUT2D eigenvalue weighted by Gasteiger charge is 2.43. The molecule has 3 rings (SSSR count). The van der Waals surface area contributed by atoms with Crippen molar-refractivity contribution in [1.82, 2.24) is 9.80 Å². The van der Waals surface area contributed by atoms with E-state index in [9.17, 15) is 9.59 Å². The molecule has 0 spiro atoms. The van der Waals surface area contributed by atoms with Gasteiger partial charge < -0.3 is 9.64 Å². The zero-order chi connectivity index (χ0) is 21.1. The topological polar surface area (TPSA) is 49.9 Å². The van der Waals surface area contributed by atoms with Crippen LogP contribution in [-0.4, -0.2) is 54.5 Å². The SMILES string of the molecule is CCOCCCN1C(=O)C(c2ccc(Cl)cc2Cl)=C(N2CC(C)CC(C)C2)C1=O. The lowest BCUT2D eigenvalue weighted by Gasteiger charge is -2.37. The zero-order valence-electron chi connectivity index (χ0n) is 17.2. The van der Waals surface area contributed by atoms with Crippen LogP contribution < -0.4 is 0 Å². The third kappa shape index (κ3) is 4.79. The van der Waals surface area contributed by atoms with Crippen LogP contribution in [0.1, 0.15) is 39.2 Å². The van der Waals surface area contributed by atoms with E-state index >= 15 is 0 Å². The lowest BCUT2D eigenvalue weighted by Crippen LogP contribution is -2.42. The number of likely N-dealkylation sites (tertiary alicyclic amines) is 1. The van der Waals surface area contributed by atoms with Crippen molar-refractivity contribution in [2.75, 3.05) is 32.8 Å². The number of hydrogen-bond acceptors (Lipinski definition) is 4. The molecule has 2 amide bonds. The molecular weight excluding hydrogens is 411 g/mol. The number of nitrogens with zero attached hydrogens (tertiary/aromatic N) is 2. The van der Waals surface area contributed by atoms with E-state index in [1.165, 1.54) is 4.90 Å². The van der Waals surface area contributed by atoms with Gasteiger partial charge in [-0.15, -0.1) is 0 Å². The molecule has 1 aromatic rings. The van der Waals surface area contributed by atoms with Crippen molar-refractivity contribution in [3.05, 3.63) is 39.5 Å². The van der Waals surface area contributed by atoms with E-state index in [2.05, 4.69) is 18.7 Å². The Morgan fingerprint density at radius 3 is 2.41 bits per heavy atom. The smallest absolute Gasteiger partial charge is 0.277 e. The largest absolute Gasteiger partial charge is 0.382 e. The normalized spacial score (nSPS) is 22.8. The van der Waals surface area contributed by atoms with Gasteiger partial charge in [-0.3, -0.25) is 14.5 Å². The summed E-state index contributed by atoms with van der Waals surface area (Å²) in [6, 6.07) is 5.04. The molecule has 2 unspecified atom stereocenters. The highest BCUT2D eigenvalue weighted by molar-refractivity contribution is 6.41. The van der Waals surface area contributed by atoms with E-state index in [4.69, 9.17) is 27.9 Å². The minimum atomic E-state index is -0.295. The van der Waals surface area contributed by atoms with Crippen LogP contribution in [0.5, 0.6) is 0 Å². The number of rotatable bonds is 7. The molecule has 7 heteroatoms. The van der Waals surface area contributed by atoms with Crippen LogP contribution in [0.25, 0.3) is 5.57 Å². The van der Waals surface area contributed by atoms with Gasteiger partial charge in [0.2, 0.25) is 0 Å². The number of imide groups is 1. The third-order valence-corrected chi connectivity index (χ3v) is 5.95. The molecule has 1 aromatic carbocycles. The van der Waals surface area contributed by atoms with Gasteiger partial charge >= 0.3 is 0 Å². The highest BCUT2D eigenvalue weighted by atomic mass is 35.5. The number of amides is 2. The Morgan fingerprint density at radius 2 is 1.79 bits per heavy atom. The van der Waals surface area contributed by atoms with Gasteiger partial charge in [0.15, 0.2) is 0 Å². The lowest BCUT2D eigenvalue weighted by atomic mass is 9.91. The zero-order valence-corrected chi connectivity index (χ0v) is 18.7. The lowest BCUT2D eigenvalue weighted by molar-refractivity contribution is -0.137. The van der Waals surface area contributed by atoms with E-state index in [0.29, 0.717) is 64.9 Å². The monoisotopic (exact) mass is 438 g/mol. The summed E-state index contributed by atoms with van der Waals surface area (Å²) in [5.41, 5.74) is 1.41. The number of piperidine rings is 1. The van der Waals surface area contributed by atoms with Crippen molar-refractivity contribution in [3.8, 4) is 0 Å². The van der Waals surface area contributed by atoms with Gasteiger partial charge in [0.05, 0.1) is 10.6 Å². The molecule has 0 aliphatic carbocycles. The van der Waals surface area contributed by atoms with Crippen molar-refractivity contribution in [3.63, 3.8) is 0 Å². The Balaban J connectivity index is 1.99. The van der Waals surface area contributed by atoms with Crippen molar-refractivity contribution < 1.29 is 14.3 Å². The molecule has 29 heavy (non-hydrogen) atoms. The summed E-state index contributed by atoms with van der Waals surface area (Å²) in [5.74, 6) is 0.358. The second-order valence-electron chi connectivity index (χ2n) is 8.01. The quantitative estimate of drug-likeness (QED) is 0.465. The van der Waals surface area contributed by atoms with Gasteiger partial charge in [-0.1, -0.05) is 43.1 Å². The fourth-order valence-electron chi connectivity index (χ4n) is 4.31. The molecular formula is C22H28Cl2N2O3. The van der Waals surface area contributed by atoms with Crippen molar-refractivity contribution >= 4 is 40.6 Å².